The van der Waals surface area contributed by atoms with Gasteiger partial charge in [0.05, 0.1) is 17.1 Å². The average Bonchev–Trinajstić information content (AvgIpc) is 2.33. The van der Waals surface area contributed by atoms with Crippen LogP contribution in [0.5, 0.6) is 5.75 Å². The fraction of sp³-hybridized carbons (Fsp3) is 0.538. The zero-order chi connectivity index (χ0) is 12.5. The standard InChI is InChI=1S/C13H17BrFNO/c1-17-10-6-5-9(14)12(15)11(10)13(16)7-3-2-4-8-13/h5-6H,2-4,7-8,16H2,1H3. The van der Waals surface area contributed by atoms with Crippen molar-refractivity contribution in [3.8, 4) is 5.75 Å². The maximum Gasteiger partial charge on any atom is 0.146 e. The fourth-order valence-electron chi connectivity index (χ4n) is 2.60. The highest BCUT2D eigenvalue weighted by Gasteiger charge is 2.35. The summed E-state index contributed by atoms with van der Waals surface area (Å²) in [6, 6.07) is 3.43. The lowest BCUT2D eigenvalue weighted by Gasteiger charge is -2.35. The molecule has 1 aromatic rings. The maximum atomic E-state index is 14.3. The second-order valence-electron chi connectivity index (χ2n) is 4.66. The molecule has 0 radical (unpaired) electrons. The van der Waals surface area contributed by atoms with Crippen molar-refractivity contribution in [2.45, 2.75) is 37.6 Å². The van der Waals surface area contributed by atoms with Gasteiger partial charge >= 0.3 is 0 Å². The summed E-state index contributed by atoms with van der Waals surface area (Å²) < 4.78 is 20.0. The molecule has 94 valence electrons. The third kappa shape index (κ3) is 2.33. The molecule has 1 saturated carbocycles. The summed E-state index contributed by atoms with van der Waals surface area (Å²) in [7, 11) is 1.55. The average molecular weight is 302 g/mol. The Morgan fingerprint density at radius 1 is 1.29 bits per heavy atom. The van der Waals surface area contributed by atoms with E-state index >= 15 is 0 Å². The molecule has 0 unspecified atom stereocenters. The fourth-order valence-corrected chi connectivity index (χ4v) is 2.93. The molecule has 0 amide bonds. The first-order valence-electron chi connectivity index (χ1n) is 5.90. The van der Waals surface area contributed by atoms with E-state index < -0.39 is 5.54 Å². The van der Waals surface area contributed by atoms with Crippen LogP contribution in [0.1, 0.15) is 37.7 Å². The lowest BCUT2D eigenvalue weighted by atomic mass is 9.77. The number of ether oxygens (including phenoxy) is 1. The molecule has 0 bridgehead atoms. The second-order valence-corrected chi connectivity index (χ2v) is 5.51. The molecule has 0 spiro atoms. The van der Waals surface area contributed by atoms with Crippen LogP contribution in [-0.4, -0.2) is 7.11 Å². The van der Waals surface area contributed by atoms with E-state index in [2.05, 4.69) is 15.9 Å². The van der Waals surface area contributed by atoms with Gasteiger partial charge in [0.1, 0.15) is 11.6 Å². The van der Waals surface area contributed by atoms with Crippen LogP contribution < -0.4 is 10.5 Å². The number of halogens is 2. The molecule has 2 nitrogen and oxygen atoms in total. The zero-order valence-corrected chi connectivity index (χ0v) is 11.5. The van der Waals surface area contributed by atoms with Crippen LogP contribution in [0.4, 0.5) is 4.39 Å². The summed E-state index contributed by atoms with van der Waals surface area (Å²) in [6.45, 7) is 0. The topological polar surface area (TPSA) is 35.2 Å². The first kappa shape index (κ1) is 12.8. The summed E-state index contributed by atoms with van der Waals surface area (Å²) >= 11 is 3.21. The van der Waals surface area contributed by atoms with Crippen LogP contribution in [0.25, 0.3) is 0 Å². The molecular weight excluding hydrogens is 285 g/mol. The molecule has 0 atom stereocenters. The molecule has 0 aliphatic heterocycles. The molecule has 1 aromatic carbocycles. The van der Waals surface area contributed by atoms with Crippen LogP contribution in [0, 0.1) is 5.82 Å². The molecule has 1 aliphatic carbocycles. The van der Waals surface area contributed by atoms with E-state index in [0.29, 0.717) is 15.8 Å². The van der Waals surface area contributed by atoms with Crippen molar-refractivity contribution in [1.29, 1.82) is 0 Å². The van der Waals surface area contributed by atoms with E-state index in [1.54, 1.807) is 19.2 Å². The Kier molecular flexibility index (Phi) is 3.73. The first-order chi connectivity index (χ1) is 8.08. The number of hydrogen-bond acceptors (Lipinski definition) is 2. The van der Waals surface area contributed by atoms with Gasteiger partial charge < -0.3 is 10.5 Å². The highest BCUT2D eigenvalue weighted by molar-refractivity contribution is 9.10. The number of benzene rings is 1. The maximum absolute atomic E-state index is 14.3. The molecule has 1 fully saturated rings. The van der Waals surface area contributed by atoms with E-state index in [-0.39, 0.29) is 5.82 Å². The predicted molar refractivity (Wildman–Crippen MR) is 69.6 cm³/mol. The minimum Gasteiger partial charge on any atom is -0.496 e. The summed E-state index contributed by atoms with van der Waals surface area (Å²) in [5.74, 6) is 0.267. The van der Waals surface area contributed by atoms with Gasteiger partial charge in [0, 0.05) is 5.54 Å². The Hall–Kier alpha value is -0.610. The highest BCUT2D eigenvalue weighted by Crippen LogP contribution is 2.42. The lowest BCUT2D eigenvalue weighted by Crippen LogP contribution is -2.39. The normalized spacial score (nSPS) is 19.1. The Morgan fingerprint density at radius 3 is 2.53 bits per heavy atom. The molecule has 0 saturated heterocycles. The minimum absolute atomic E-state index is 0.284. The van der Waals surface area contributed by atoms with Gasteiger partial charge in [-0.05, 0) is 40.9 Å². The van der Waals surface area contributed by atoms with Crippen LogP contribution in [-0.2, 0) is 5.54 Å². The second kappa shape index (κ2) is 4.94. The predicted octanol–water partition coefficient (Wildman–Crippen LogP) is 3.71. The van der Waals surface area contributed by atoms with Crippen molar-refractivity contribution in [3.63, 3.8) is 0 Å². The van der Waals surface area contributed by atoms with Gasteiger partial charge in [-0.1, -0.05) is 19.3 Å². The number of hydrogen-bond donors (Lipinski definition) is 1. The van der Waals surface area contributed by atoms with E-state index in [1.165, 1.54) is 6.42 Å². The number of nitrogens with two attached hydrogens (primary N) is 1. The third-order valence-electron chi connectivity index (χ3n) is 3.52. The molecule has 2 N–H and O–H groups in total. The van der Waals surface area contributed by atoms with Gasteiger partial charge in [-0.3, -0.25) is 0 Å². The molecule has 0 heterocycles. The van der Waals surface area contributed by atoms with Gasteiger partial charge in [0.25, 0.3) is 0 Å². The van der Waals surface area contributed by atoms with Crippen molar-refractivity contribution in [1.82, 2.24) is 0 Å². The minimum atomic E-state index is -0.586. The first-order valence-corrected chi connectivity index (χ1v) is 6.69. The highest BCUT2D eigenvalue weighted by atomic mass is 79.9. The third-order valence-corrected chi connectivity index (χ3v) is 4.13. The van der Waals surface area contributed by atoms with Crippen molar-refractivity contribution >= 4 is 15.9 Å². The quantitative estimate of drug-likeness (QED) is 0.903. The number of methoxy groups -OCH3 is 1. The Labute approximate surface area is 109 Å². The lowest BCUT2D eigenvalue weighted by molar-refractivity contribution is 0.278. The molecule has 4 heteroatoms. The Balaban J connectivity index is 2.51. The van der Waals surface area contributed by atoms with Crippen LogP contribution >= 0.6 is 15.9 Å². The van der Waals surface area contributed by atoms with Crippen molar-refractivity contribution in [3.05, 3.63) is 28.0 Å². The largest absolute Gasteiger partial charge is 0.496 e. The molecular formula is C13H17BrFNO. The van der Waals surface area contributed by atoms with Crippen molar-refractivity contribution in [2.75, 3.05) is 7.11 Å². The van der Waals surface area contributed by atoms with Crippen molar-refractivity contribution in [2.24, 2.45) is 5.73 Å². The van der Waals surface area contributed by atoms with Crippen molar-refractivity contribution < 1.29 is 9.13 Å². The van der Waals surface area contributed by atoms with Crippen LogP contribution in [0.3, 0.4) is 0 Å². The van der Waals surface area contributed by atoms with Crippen LogP contribution in [0.15, 0.2) is 16.6 Å². The van der Waals surface area contributed by atoms with Crippen LogP contribution in [0.2, 0.25) is 0 Å². The van der Waals surface area contributed by atoms with Gasteiger partial charge in [-0.15, -0.1) is 0 Å². The smallest absolute Gasteiger partial charge is 0.146 e. The SMILES string of the molecule is COc1ccc(Br)c(F)c1C1(N)CCCCC1. The van der Waals surface area contributed by atoms with Gasteiger partial charge in [0.2, 0.25) is 0 Å². The monoisotopic (exact) mass is 301 g/mol. The van der Waals surface area contributed by atoms with E-state index in [9.17, 15) is 4.39 Å². The van der Waals surface area contributed by atoms with E-state index in [1.807, 2.05) is 0 Å². The van der Waals surface area contributed by atoms with E-state index in [4.69, 9.17) is 10.5 Å². The Morgan fingerprint density at radius 2 is 1.94 bits per heavy atom. The van der Waals surface area contributed by atoms with E-state index in [0.717, 1.165) is 25.7 Å². The summed E-state index contributed by atoms with van der Waals surface area (Å²) in [4.78, 5) is 0. The van der Waals surface area contributed by atoms with Gasteiger partial charge in [-0.2, -0.15) is 0 Å². The Bertz CT molecular complexity index is 416. The van der Waals surface area contributed by atoms with Gasteiger partial charge in [-0.25, -0.2) is 4.39 Å². The molecule has 0 aromatic heterocycles. The summed E-state index contributed by atoms with van der Waals surface area (Å²) in [6.07, 6.45) is 4.90. The number of rotatable bonds is 2. The molecule has 1 aliphatic rings. The van der Waals surface area contributed by atoms with Gasteiger partial charge in [0.15, 0.2) is 0 Å². The summed E-state index contributed by atoms with van der Waals surface area (Å²) in [5, 5.41) is 0. The molecule has 17 heavy (non-hydrogen) atoms. The molecule has 2 rings (SSSR count). The zero-order valence-electron chi connectivity index (χ0n) is 9.93. The summed E-state index contributed by atoms with van der Waals surface area (Å²) in [5.41, 5.74) is 6.32.